The van der Waals surface area contributed by atoms with E-state index >= 15 is 0 Å². The molecule has 1 saturated carbocycles. The third-order valence-electron chi connectivity index (χ3n) is 2.59. The van der Waals surface area contributed by atoms with Crippen molar-refractivity contribution in [2.45, 2.75) is 18.5 Å². The SMILES string of the molecule is NC1CC1NC(=O)c1c(F)c(F)c(F)c(F)c1F. The smallest absolute Gasteiger partial charge is 0.257 e. The summed E-state index contributed by atoms with van der Waals surface area (Å²) in [6.07, 6.45) is 0.390. The summed E-state index contributed by atoms with van der Waals surface area (Å²) in [5, 5.41) is 2.08. The standard InChI is InChI=1S/C10H7F5N2O/c11-5-4(10(18)17-3-1-2(3)16)6(12)8(14)9(15)7(5)13/h2-3H,1,16H2,(H,17,18). The first-order valence-corrected chi connectivity index (χ1v) is 4.92. The van der Waals surface area contributed by atoms with Crippen molar-refractivity contribution < 1.29 is 26.7 Å². The quantitative estimate of drug-likeness (QED) is 0.480. The van der Waals surface area contributed by atoms with E-state index < -0.39 is 46.6 Å². The molecule has 0 radical (unpaired) electrons. The molecule has 0 aliphatic heterocycles. The molecule has 1 amide bonds. The van der Waals surface area contributed by atoms with Crippen molar-refractivity contribution in [2.24, 2.45) is 5.73 Å². The second-order valence-electron chi connectivity index (χ2n) is 3.92. The molecule has 98 valence electrons. The van der Waals surface area contributed by atoms with Crippen LogP contribution in [-0.4, -0.2) is 18.0 Å². The molecule has 2 rings (SSSR count). The van der Waals surface area contributed by atoms with Crippen LogP contribution in [0.2, 0.25) is 0 Å². The van der Waals surface area contributed by atoms with Gasteiger partial charge in [-0.1, -0.05) is 0 Å². The van der Waals surface area contributed by atoms with Gasteiger partial charge in [-0.3, -0.25) is 4.79 Å². The zero-order chi connectivity index (χ0) is 13.6. The molecular formula is C10H7F5N2O. The van der Waals surface area contributed by atoms with Crippen molar-refractivity contribution in [1.29, 1.82) is 0 Å². The van der Waals surface area contributed by atoms with E-state index in [2.05, 4.69) is 5.32 Å². The van der Waals surface area contributed by atoms with Crippen LogP contribution in [0, 0.1) is 29.1 Å². The van der Waals surface area contributed by atoms with E-state index in [1.807, 2.05) is 0 Å². The molecular weight excluding hydrogens is 259 g/mol. The molecule has 2 atom stereocenters. The maximum Gasteiger partial charge on any atom is 0.257 e. The van der Waals surface area contributed by atoms with Crippen LogP contribution < -0.4 is 11.1 Å². The fourth-order valence-electron chi connectivity index (χ4n) is 1.43. The fraction of sp³-hybridized carbons (Fsp3) is 0.300. The molecule has 18 heavy (non-hydrogen) atoms. The summed E-state index contributed by atoms with van der Waals surface area (Å²) in [7, 11) is 0. The predicted octanol–water partition coefficient (Wildman–Crippen LogP) is 1.21. The highest BCUT2D eigenvalue weighted by molar-refractivity contribution is 5.95. The molecule has 3 N–H and O–H groups in total. The Kier molecular flexibility index (Phi) is 2.97. The first kappa shape index (κ1) is 12.7. The van der Waals surface area contributed by atoms with Crippen LogP contribution in [0.5, 0.6) is 0 Å². The lowest BCUT2D eigenvalue weighted by molar-refractivity contribution is 0.0938. The molecule has 1 aromatic carbocycles. The molecule has 0 aromatic heterocycles. The molecule has 1 aliphatic carbocycles. The Hall–Kier alpha value is -1.70. The van der Waals surface area contributed by atoms with E-state index in [0.29, 0.717) is 6.42 Å². The van der Waals surface area contributed by atoms with E-state index in [1.54, 1.807) is 0 Å². The number of rotatable bonds is 2. The lowest BCUT2D eigenvalue weighted by Gasteiger charge is -2.08. The van der Waals surface area contributed by atoms with Crippen LogP contribution in [0.3, 0.4) is 0 Å². The number of carbonyl (C=O) groups is 1. The minimum atomic E-state index is -2.30. The third kappa shape index (κ3) is 1.92. The van der Waals surface area contributed by atoms with E-state index in [4.69, 9.17) is 5.73 Å². The Morgan fingerprint density at radius 1 is 1.00 bits per heavy atom. The van der Waals surface area contributed by atoms with Crippen LogP contribution in [0.4, 0.5) is 22.0 Å². The van der Waals surface area contributed by atoms with Gasteiger partial charge in [0.2, 0.25) is 5.82 Å². The van der Waals surface area contributed by atoms with Gasteiger partial charge < -0.3 is 11.1 Å². The summed E-state index contributed by atoms with van der Waals surface area (Å²) < 4.78 is 64.8. The monoisotopic (exact) mass is 266 g/mol. The summed E-state index contributed by atoms with van der Waals surface area (Å²) in [6, 6.07) is -0.873. The second-order valence-corrected chi connectivity index (χ2v) is 3.92. The van der Waals surface area contributed by atoms with Crippen LogP contribution in [0.1, 0.15) is 16.8 Å². The van der Waals surface area contributed by atoms with E-state index in [1.165, 1.54) is 0 Å². The highest BCUT2D eigenvalue weighted by Gasteiger charge is 2.37. The first-order valence-electron chi connectivity index (χ1n) is 4.92. The third-order valence-corrected chi connectivity index (χ3v) is 2.59. The molecule has 0 bridgehead atoms. The van der Waals surface area contributed by atoms with Crippen LogP contribution >= 0.6 is 0 Å². The van der Waals surface area contributed by atoms with Gasteiger partial charge in [0.15, 0.2) is 23.3 Å². The number of nitrogens with two attached hydrogens (primary N) is 1. The molecule has 0 saturated heterocycles. The van der Waals surface area contributed by atoms with Crippen LogP contribution in [0.15, 0.2) is 0 Å². The van der Waals surface area contributed by atoms with Gasteiger partial charge in [-0.05, 0) is 6.42 Å². The summed E-state index contributed by atoms with van der Waals surface area (Å²) in [5.74, 6) is -12.3. The topological polar surface area (TPSA) is 55.1 Å². The van der Waals surface area contributed by atoms with Crippen molar-refractivity contribution in [3.63, 3.8) is 0 Å². The normalized spacial score (nSPS) is 21.9. The summed E-state index contributed by atoms with van der Waals surface area (Å²) >= 11 is 0. The number of hydrogen-bond donors (Lipinski definition) is 2. The molecule has 1 aliphatic rings. The Bertz CT molecular complexity index is 504. The largest absolute Gasteiger partial charge is 0.347 e. The Balaban J connectivity index is 2.40. The fourth-order valence-corrected chi connectivity index (χ4v) is 1.43. The minimum Gasteiger partial charge on any atom is -0.347 e. The van der Waals surface area contributed by atoms with Gasteiger partial charge >= 0.3 is 0 Å². The molecule has 1 aromatic rings. The Morgan fingerprint density at radius 3 is 1.78 bits per heavy atom. The van der Waals surface area contributed by atoms with Gasteiger partial charge in [-0.2, -0.15) is 0 Å². The molecule has 3 nitrogen and oxygen atoms in total. The van der Waals surface area contributed by atoms with Gasteiger partial charge in [-0.25, -0.2) is 22.0 Å². The van der Waals surface area contributed by atoms with Crippen molar-refractivity contribution in [3.8, 4) is 0 Å². The van der Waals surface area contributed by atoms with Crippen molar-refractivity contribution in [3.05, 3.63) is 34.6 Å². The van der Waals surface area contributed by atoms with E-state index in [9.17, 15) is 26.7 Å². The summed E-state index contributed by atoms with van der Waals surface area (Å²) in [5.41, 5.74) is 3.85. The zero-order valence-corrected chi connectivity index (χ0v) is 8.74. The van der Waals surface area contributed by atoms with E-state index in [0.717, 1.165) is 0 Å². The summed E-state index contributed by atoms with van der Waals surface area (Å²) in [4.78, 5) is 11.4. The van der Waals surface area contributed by atoms with Crippen molar-refractivity contribution in [1.82, 2.24) is 5.32 Å². The lowest BCUT2D eigenvalue weighted by atomic mass is 10.1. The van der Waals surface area contributed by atoms with Crippen molar-refractivity contribution in [2.75, 3.05) is 0 Å². The van der Waals surface area contributed by atoms with Crippen molar-refractivity contribution >= 4 is 5.91 Å². The number of nitrogens with one attached hydrogen (secondary N) is 1. The Labute approximate surface area is 97.8 Å². The minimum absolute atomic E-state index is 0.366. The average Bonchev–Trinajstić information content (AvgIpc) is 3.00. The van der Waals surface area contributed by atoms with Gasteiger partial charge in [0.05, 0.1) is 0 Å². The maximum absolute atomic E-state index is 13.2. The number of halogens is 5. The molecule has 0 heterocycles. The predicted molar refractivity (Wildman–Crippen MR) is 50.1 cm³/mol. The van der Waals surface area contributed by atoms with Gasteiger partial charge in [0.1, 0.15) is 5.56 Å². The average molecular weight is 266 g/mol. The Morgan fingerprint density at radius 2 is 1.39 bits per heavy atom. The van der Waals surface area contributed by atoms with Crippen LogP contribution in [0.25, 0.3) is 0 Å². The molecule has 0 spiro atoms. The number of amides is 1. The highest BCUT2D eigenvalue weighted by atomic mass is 19.2. The summed E-state index contributed by atoms with van der Waals surface area (Å²) in [6.45, 7) is 0. The first-order chi connectivity index (χ1) is 8.34. The van der Waals surface area contributed by atoms with E-state index in [-0.39, 0.29) is 6.04 Å². The molecule has 8 heteroatoms. The van der Waals surface area contributed by atoms with Gasteiger partial charge in [0.25, 0.3) is 5.91 Å². The number of hydrogen-bond acceptors (Lipinski definition) is 2. The highest BCUT2D eigenvalue weighted by Crippen LogP contribution is 2.24. The molecule has 2 unspecified atom stereocenters. The second kappa shape index (κ2) is 4.20. The van der Waals surface area contributed by atoms with Gasteiger partial charge in [0, 0.05) is 12.1 Å². The zero-order valence-electron chi connectivity index (χ0n) is 8.74. The number of benzene rings is 1. The lowest BCUT2D eigenvalue weighted by Crippen LogP contribution is -2.31. The van der Waals surface area contributed by atoms with Gasteiger partial charge in [-0.15, -0.1) is 0 Å². The van der Waals surface area contributed by atoms with Crippen LogP contribution in [-0.2, 0) is 0 Å². The maximum atomic E-state index is 13.2. The number of carbonyl (C=O) groups excluding carboxylic acids is 1. The molecule has 1 fully saturated rings.